The van der Waals surface area contributed by atoms with Crippen LogP contribution in [-0.4, -0.2) is 10.9 Å². The minimum atomic E-state index is 0.0214. The lowest BCUT2D eigenvalue weighted by molar-refractivity contribution is 0.0954. The van der Waals surface area contributed by atoms with Crippen molar-refractivity contribution in [2.75, 3.05) is 0 Å². The van der Waals surface area contributed by atoms with E-state index in [0.29, 0.717) is 6.54 Å². The maximum Gasteiger partial charge on any atom is 0.261 e. The van der Waals surface area contributed by atoms with E-state index >= 15 is 0 Å². The molecule has 0 radical (unpaired) electrons. The Labute approximate surface area is 129 Å². The molecule has 0 spiro atoms. The number of pyridine rings is 1. The van der Waals surface area contributed by atoms with Crippen LogP contribution in [0.1, 0.15) is 45.6 Å². The average Bonchev–Trinajstić information content (AvgIpc) is 2.96. The summed E-state index contributed by atoms with van der Waals surface area (Å²) in [6.07, 6.45) is 6.51. The van der Waals surface area contributed by atoms with E-state index in [0.717, 1.165) is 29.3 Å². The lowest BCUT2D eigenvalue weighted by atomic mass is 9.87. The number of amides is 1. The average molecular weight is 300 g/mol. The summed E-state index contributed by atoms with van der Waals surface area (Å²) in [6.45, 7) is 2.74. The Morgan fingerprint density at radius 3 is 3.14 bits per heavy atom. The van der Waals surface area contributed by atoms with Crippen molar-refractivity contribution >= 4 is 17.2 Å². The molecular weight excluding hydrogens is 280 g/mol. The number of hydrogen-bond acceptors (Lipinski definition) is 3. The minimum Gasteiger partial charge on any atom is -0.346 e. The van der Waals surface area contributed by atoms with Crippen LogP contribution in [0.3, 0.4) is 0 Å². The Morgan fingerprint density at radius 2 is 2.38 bits per heavy atom. The van der Waals surface area contributed by atoms with Crippen molar-refractivity contribution in [3.8, 4) is 0 Å². The monoisotopic (exact) mass is 300 g/mol. The summed E-state index contributed by atoms with van der Waals surface area (Å²) in [5.74, 6) is 0.810. The van der Waals surface area contributed by atoms with E-state index < -0.39 is 0 Å². The highest BCUT2D eigenvalue weighted by Crippen LogP contribution is 2.33. The number of thiophene rings is 1. The van der Waals surface area contributed by atoms with Gasteiger partial charge in [0, 0.05) is 11.1 Å². The Balaban J connectivity index is 1.65. The molecule has 0 aromatic carbocycles. The molecule has 1 aliphatic carbocycles. The standard InChI is InChI=1S/C17H20N2OS/c1-2-12-6-7-15-13(9-12)10-16(21-15)17(20)19-11-14-5-3-4-8-18-14/h3-5,8,10,12H,2,6-7,9,11H2,1H3,(H,19,20)/t12-/m1/s1. The molecule has 0 unspecified atom stereocenters. The molecule has 2 aromatic rings. The van der Waals surface area contributed by atoms with Gasteiger partial charge < -0.3 is 5.32 Å². The molecule has 4 heteroatoms. The Hall–Kier alpha value is -1.68. The highest BCUT2D eigenvalue weighted by molar-refractivity contribution is 7.14. The number of nitrogens with zero attached hydrogens (tertiary/aromatic N) is 1. The third-order valence-electron chi connectivity index (χ3n) is 4.14. The first kappa shape index (κ1) is 14.3. The first-order valence-corrected chi connectivity index (χ1v) is 8.37. The zero-order valence-corrected chi connectivity index (χ0v) is 13.1. The van der Waals surface area contributed by atoms with E-state index in [-0.39, 0.29) is 5.91 Å². The van der Waals surface area contributed by atoms with Crippen molar-refractivity contribution in [1.82, 2.24) is 10.3 Å². The van der Waals surface area contributed by atoms with Gasteiger partial charge in [-0.3, -0.25) is 9.78 Å². The third kappa shape index (κ3) is 3.32. The second-order valence-corrected chi connectivity index (χ2v) is 6.72. The molecule has 0 saturated heterocycles. The maximum atomic E-state index is 12.3. The topological polar surface area (TPSA) is 42.0 Å². The van der Waals surface area contributed by atoms with Gasteiger partial charge in [0.15, 0.2) is 0 Å². The zero-order chi connectivity index (χ0) is 14.7. The van der Waals surface area contributed by atoms with Crippen LogP contribution in [0.25, 0.3) is 0 Å². The molecule has 2 aromatic heterocycles. The number of rotatable bonds is 4. The fourth-order valence-electron chi connectivity index (χ4n) is 2.82. The smallest absolute Gasteiger partial charge is 0.261 e. The highest BCUT2D eigenvalue weighted by atomic mass is 32.1. The van der Waals surface area contributed by atoms with Gasteiger partial charge in [0.2, 0.25) is 0 Å². The highest BCUT2D eigenvalue weighted by Gasteiger charge is 2.21. The van der Waals surface area contributed by atoms with E-state index in [9.17, 15) is 4.79 Å². The summed E-state index contributed by atoms with van der Waals surface area (Å²) in [4.78, 5) is 18.7. The fraction of sp³-hybridized carbons (Fsp3) is 0.412. The van der Waals surface area contributed by atoms with E-state index in [2.05, 4.69) is 23.3 Å². The number of carbonyl (C=O) groups is 1. The Morgan fingerprint density at radius 1 is 1.48 bits per heavy atom. The van der Waals surface area contributed by atoms with Crippen molar-refractivity contribution < 1.29 is 4.79 Å². The second-order valence-electron chi connectivity index (χ2n) is 5.58. The number of aromatic nitrogens is 1. The van der Waals surface area contributed by atoms with E-state index in [1.807, 2.05) is 18.2 Å². The zero-order valence-electron chi connectivity index (χ0n) is 12.3. The van der Waals surface area contributed by atoms with Crippen molar-refractivity contribution in [2.24, 2.45) is 5.92 Å². The Bertz CT molecular complexity index is 621. The number of fused-ring (bicyclic) bond motifs is 1. The van der Waals surface area contributed by atoms with Gasteiger partial charge in [0.1, 0.15) is 0 Å². The largest absolute Gasteiger partial charge is 0.346 e. The molecule has 3 rings (SSSR count). The lowest BCUT2D eigenvalue weighted by Gasteiger charge is -2.19. The van der Waals surface area contributed by atoms with Gasteiger partial charge in [-0.25, -0.2) is 0 Å². The van der Waals surface area contributed by atoms with Crippen LogP contribution in [0.4, 0.5) is 0 Å². The molecule has 2 heterocycles. The van der Waals surface area contributed by atoms with Crippen LogP contribution in [-0.2, 0) is 19.4 Å². The summed E-state index contributed by atoms with van der Waals surface area (Å²) < 4.78 is 0. The van der Waals surface area contributed by atoms with Gasteiger partial charge in [-0.15, -0.1) is 11.3 Å². The van der Waals surface area contributed by atoms with Crippen molar-refractivity contribution in [3.63, 3.8) is 0 Å². The molecule has 1 N–H and O–H groups in total. The fourth-order valence-corrected chi connectivity index (χ4v) is 3.94. The first-order chi connectivity index (χ1) is 10.3. The quantitative estimate of drug-likeness (QED) is 0.937. The number of carbonyl (C=O) groups excluding carboxylic acids is 1. The van der Waals surface area contributed by atoms with Crippen molar-refractivity contribution in [2.45, 2.75) is 39.2 Å². The third-order valence-corrected chi connectivity index (χ3v) is 5.38. The molecule has 3 nitrogen and oxygen atoms in total. The van der Waals surface area contributed by atoms with E-state index in [1.165, 1.54) is 23.3 Å². The normalized spacial score (nSPS) is 17.3. The van der Waals surface area contributed by atoms with Crippen molar-refractivity contribution in [1.29, 1.82) is 0 Å². The lowest BCUT2D eigenvalue weighted by Crippen LogP contribution is -2.22. The van der Waals surface area contributed by atoms with Crippen LogP contribution in [0.15, 0.2) is 30.5 Å². The van der Waals surface area contributed by atoms with E-state index in [1.54, 1.807) is 17.5 Å². The van der Waals surface area contributed by atoms with Crippen LogP contribution in [0.5, 0.6) is 0 Å². The van der Waals surface area contributed by atoms with Gasteiger partial charge in [-0.2, -0.15) is 0 Å². The summed E-state index contributed by atoms with van der Waals surface area (Å²) in [7, 11) is 0. The van der Waals surface area contributed by atoms with Gasteiger partial charge in [-0.1, -0.05) is 19.4 Å². The molecule has 110 valence electrons. The Kier molecular flexibility index (Phi) is 4.34. The summed E-state index contributed by atoms with van der Waals surface area (Å²) in [5.41, 5.74) is 2.28. The summed E-state index contributed by atoms with van der Waals surface area (Å²) in [5, 5.41) is 2.96. The van der Waals surface area contributed by atoms with Crippen LogP contribution < -0.4 is 5.32 Å². The molecule has 0 bridgehead atoms. The SMILES string of the molecule is CC[C@@H]1CCc2sc(C(=O)NCc3ccccn3)cc2C1. The minimum absolute atomic E-state index is 0.0214. The van der Waals surface area contributed by atoms with Crippen LogP contribution >= 0.6 is 11.3 Å². The van der Waals surface area contributed by atoms with Gasteiger partial charge in [0.05, 0.1) is 17.1 Å². The van der Waals surface area contributed by atoms with Crippen LogP contribution in [0.2, 0.25) is 0 Å². The number of nitrogens with one attached hydrogen (secondary N) is 1. The van der Waals surface area contributed by atoms with Crippen molar-refractivity contribution in [3.05, 3.63) is 51.5 Å². The summed E-state index contributed by atoms with van der Waals surface area (Å²) >= 11 is 1.66. The molecule has 1 atom stereocenters. The van der Waals surface area contributed by atoms with Crippen LogP contribution in [0, 0.1) is 5.92 Å². The molecule has 0 saturated carbocycles. The molecular formula is C17H20N2OS. The second kappa shape index (κ2) is 6.39. The van der Waals surface area contributed by atoms with Gasteiger partial charge in [0.25, 0.3) is 5.91 Å². The first-order valence-electron chi connectivity index (χ1n) is 7.56. The molecule has 0 aliphatic heterocycles. The molecule has 21 heavy (non-hydrogen) atoms. The summed E-state index contributed by atoms with van der Waals surface area (Å²) in [6, 6.07) is 7.83. The predicted octanol–water partition coefficient (Wildman–Crippen LogP) is 3.59. The molecule has 0 fully saturated rings. The maximum absolute atomic E-state index is 12.3. The van der Waals surface area contributed by atoms with Gasteiger partial charge in [-0.05, 0) is 48.9 Å². The molecule has 1 aliphatic rings. The number of aryl methyl sites for hydroxylation is 1. The predicted molar refractivity (Wildman–Crippen MR) is 85.5 cm³/mol. The van der Waals surface area contributed by atoms with Gasteiger partial charge >= 0.3 is 0 Å². The number of hydrogen-bond donors (Lipinski definition) is 1. The molecule has 1 amide bonds. The van der Waals surface area contributed by atoms with E-state index in [4.69, 9.17) is 0 Å².